The van der Waals surface area contributed by atoms with Gasteiger partial charge in [0.2, 0.25) is 0 Å². The Hall–Kier alpha value is -1.46. The van der Waals surface area contributed by atoms with Crippen LogP contribution in [0, 0.1) is 0 Å². The normalized spacial score (nSPS) is 21.3. The fourth-order valence-corrected chi connectivity index (χ4v) is 4.10. The van der Waals surface area contributed by atoms with Gasteiger partial charge in [-0.25, -0.2) is 0 Å². The van der Waals surface area contributed by atoms with Crippen molar-refractivity contribution in [2.24, 2.45) is 10.7 Å². The predicted octanol–water partition coefficient (Wildman–Crippen LogP) is 3.24. The van der Waals surface area contributed by atoms with Crippen LogP contribution in [0.2, 0.25) is 5.02 Å². The van der Waals surface area contributed by atoms with Gasteiger partial charge in [-0.15, -0.1) is 0 Å². The molecule has 2 fully saturated rings. The monoisotopic (exact) mass is 365 g/mol. The van der Waals surface area contributed by atoms with E-state index in [0.29, 0.717) is 36.8 Å². The van der Waals surface area contributed by atoms with E-state index in [0.717, 1.165) is 24.2 Å². The highest BCUT2D eigenvalue weighted by Gasteiger charge is 2.37. The molecular formula is C19H28ClN3O2. The first-order valence-electron chi connectivity index (χ1n) is 9.11. The number of methoxy groups -OCH3 is 1. The lowest BCUT2D eigenvalue weighted by atomic mass is 9.73. The second kappa shape index (κ2) is 8.28. The summed E-state index contributed by atoms with van der Waals surface area (Å²) in [6.07, 6.45) is 6.65. The SMILES string of the molecule is COc1ccc(Cl)cc1C1(CN=C(N)NC2CCCC2)CCOCC1. The number of guanidine groups is 1. The number of benzene rings is 1. The molecule has 0 aromatic heterocycles. The van der Waals surface area contributed by atoms with Crippen molar-refractivity contribution in [3.8, 4) is 5.75 Å². The molecule has 1 aromatic carbocycles. The molecule has 1 saturated heterocycles. The van der Waals surface area contributed by atoms with Gasteiger partial charge in [0.1, 0.15) is 5.75 Å². The van der Waals surface area contributed by atoms with E-state index in [4.69, 9.17) is 31.8 Å². The van der Waals surface area contributed by atoms with Crippen molar-refractivity contribution < 1.29 is 9.47 Å². The number of halogens is 1. The number of aliphatic imine (C=N–C) groups is 1. The van der Waals surface area contributed by atoms with Crippen molar-refractivity contribution in [3.05, 3.63) is 28.8 Å². The van der Waals surface area contributed by atoms with E-state index < -0.39 is 0 Å². The molecule has 138 valence electrons. The summed E-state index contributed by atoms with van der Waals surface area (Å²) in [5.74, 6) is 1.39. The van der Waals surface area contributed by atoms with Gasteiger partial charge in [-0.1, -0.05) is 24.4 Å². The Balaban J connectivity index is 1.82. The summed E-state index contributed by atoms with van der Waals surface area (Å²) in [6.45, 7) is 2.03. The summed E-state index contributed by atoms with van der Waals surface area (Å²) in [4.78, 5) is 4.69. The molecule has 25 heavy (non-hydrogen) atoms. The van der Waals surface area contributed by atoms with Crippen molar-refractivity contribution in [3.63, 3.8) is 0 Å². The highest BCUT2D eigenvalue weighted by molar-refractivity contribution is 6.30. The number of nitrogens with one attached hydrogen (secondary N) is 1. The van der Waals surface area contributed by atoms with Gasteiger partial charge >= 0.3 is 0 Å². The van der Waals surface area contributed by atoms with E-state index in [2.05, 4.69) is 5.32 Å². The van der Waals surface area contributed by atoms with Crippen molar-refractivity contribution >= 4 is 17.6 Å². The fourth-order valence-electron chi connectivity index (χ4n) is 3.93. The van der Waals surface area contributed by atoms with E-state index in [-0.39, 0.29) is 5.41 Å². The number of ether oxygens (including phenoxy) is 2. The van der Waals surface area contributed by atoms with Gasteiger partial charge in [0.15, 0.2) is 5.96 Å². The maximum Gasteiger partial charge on any atom is 0.188 e. The van der Waals surface area contributed by atoms with Crippen LogP contribution in [0.5, 0.6) is 5.75 Å². The zero-order valence-electron chi connectivity index (χ0n) is 14.9. The molecular weight excluding hydrogens is 338 g/mol. The first kappa shape index (κ1) is 18.3. The molecule has 1 heterocycles. The average Bonchev–Trinajstić information content (AvgIpc) is 3.14. The lowest BCUT2D eigenvalue weighted by Gasteiger charge is -2.37. The Morgan fingerprint density at radius 3 is 2.76 bits per heavy atom. The number of nitrogens with two attached hydrogens (primary N) is 1. The summed E-state index contributed by atoms with van der Waals surface area (Å²) < 4.78 is 11.2. The Morgan fingerprint density at radius 1 is 1.36 bits per heavy atom. The fraction of sp³-hybridized carbons (Fsp3) is 0.632. The van der Waals surface area contributed by atoms with Crippen LogP contribution in [-0.2, 0) is 10.2 Å². The first-order valence-corrected chi connectivity index (χ1v) is 9.49. The smallest absolute Gasteiger partial charge is 0.188 e. The van der Waals surface area contributed by atoms with Crippen molar-refractivity contribution in [2.45, 2.75) is 50.0 Å². The lowest BCUT2D eigenvalue weighted by molar-refractivity contribution is 0.0523. The number of hydrogen-bond donors (Lipinski definition) is 2. The van der Waals surface area contributed by atoms with Crippen molar-refractivity contribution in [2.75, 3.05) is 26.9 Å². The molecule has 0 spiro atoms. The summed E-state index contributed by atoms with van der Waals surface area (Å²) in [7, 11) is 1.69. The van der Waals surface area contributed by atoms with E-state index in [1.807, 2.05) is 18.2 Å². The van der Waals surface area contributed by atoms with Crippen LogP contribution in [-0.4, -0.2) is 38.9 Å². The first-order chi connectivity index (χ1) is 12.1. The van der Waals surface area contributed by atoms with Gasteiger partial charge in [0, 0.05) is 35.3 Å². The van der Waals surface area contributed by atoms with Crippen LogP contribution in [0.15, 0.2) is 23.2 Å². The minimum atomic E-state index is -0.156. The van der Waals surface area contributed by atoms with Gasteiger partial charge in [-0.3, -0.25) is 4.99 Å². The van der Waals surface area contributed by atoms with Crippen LogP contribution in [0.4, 0.5) is 0 Å². The second-order valence-corrected chi connectivity index (χ2v) is 7.50. The van der Waals surface area contributed by atoms with Gasteiger partial charge in [-0.2, -0.15) is 0 Å². The van der Waals surface area contributed by atoms with Gasteiger partial charge in [-0.05, 0) is 43.9 Å². The molecule has 5 nitrogen and oxygen atoms in total. The van der Waals surface area contributed by atoms with E-state index in [1.54, 1.807) is 7.11 Å². The number of nitrogens with zero attached hydrogens (tertiary/aromatic N) is 1. The molecule has 1 aliphatic carbocycles. The third kappa shape index (κ3) is 4.39. The molecule has 1 aromatic rings. The molecule has 2 aliphatic rings. The molecule has 0 amide bonds. The maximum atomic E-state index is 6.27. The molecule has 3 N–H and O–H groups in total. The third-order valence-electron chi connectivity index (χ3n) is 5.44. The van der Waals surface area contributed by atoms with Crippen LogP contribution < -0.4 is 15.8 Å². The Kier molecular flexibility index (Phi) is 6.07. The molecule has 1 saturated carbocycles. The molecule has 0 bridgehead atoms. The van der Waals surface area contributed by atoms with E-state index in [9.17, 15) is 0 Å². The highest BCUT2D eigenvalue weighted by atomic mass is 35.5. The molecule has 3 rings (SSSR count). The number of rotatable bonds is 5. The Morgan fingerprint density at radius 2 is 2.08 bits per heavy atom. The largest absolute Gasteiger partial charge is 0.496 e. The lowest BCUT2D eigenvalue weighted by Crippen LogP contribution is -2.41. The minimum Gasteiger partial charge on any atom is -0.496 e. The zero-order chi connectivity index (χ0) is 17.7. The van der Waals surface area contributed by atoms with Crippen molar-refractivity contribution in [1.29, 1.82) is 0 Å². The Labute approximate surface area is 154 Å². The van der Waals surface area contributed by atoms with Gasteiger partial charge < -0.3 is 20.5 Å². The standard InChI is InChI=1S/C19H28ClN3O2/c1-24-17-7-6-14(20)12-16(17)19(8-10-25-11-9-19)13-22-18(21)23-15-4-2-3-5-15/h6-7,12,15H,2-5,8-11,13H2,1H3,(H3,21,22,23). The quantitative estimate of drug-likeness (QED) is 0.620. The average molecular weight is 366 g/mol. The van der Waals surface area contributed by atoms with E-state index in [1.165, 1.54) is 25.7 Å². The van der Waals surface area contributed by atoms with Gasteiger partial charge in [0.25, 0.3) is 0 Å². The van der Waals surface area contributed by atoms with Crippen LogP contribution in [0.1, 0.15) is 44.1 Å². The minimum absolute atomic E-state index is 0.156. The van der Waals surface area contributed by atoms with Crippen LogP contribution >= 0.6 is 11.6 Å². The van der Waals surface area contributed by atoms with Crippen LogP contribution in [0.3, 0.4) is 0 Å². The third-order valence-corrected chi connectivity index (χ3v) is 5.68. The number of hydrogen-bond acceptors (Lipinski definition) is 3. The van der Waals surface area contributed by atoms with E-state index >= 15 is 0 Å². The second-order valence-electron chi connectivity index (χ2n) is 7.06. The summed E-state index contributed by atoms with van der Waals surface area (Å²) >= 11 is 6.27. The predicted molar refractivity (Wildman–Crippen MR) is 102 cm³/mol. The maximum absolute atomic E-state index is 6.27. The van der Waals surface area contributed by atoms with Crippen molar-refractivity contribution in [1.82, 2.24) is 5.32 Å². The molecule has 0 atom stereocenters. The van der Waals surface area contributed by atoms with Crippen LogP contribution in [0.25, 0.3) is 0 Å². The topological polar surface area (TPSA) is 68.9 Å². The Bertz CT molecular complexity index is 609. The molecule has 6 heteroatoms. The molecule has 0 unspecified atom stereocenters. The summed E-state index contributed by atoms with van der Waals surface area (Å²) in [5, 5.41) is 4.08. The van der Waals surface area contributed by atoms with Gasteiger partial charge in [0.05, 0.1) is 13.7 Å². The molecule has 1 aliphatic heterocycles. The zero-order valence-corrected chi connectivity index (χ0v) is 15.6. The molecule has 0 radical (unpaired) electrons. The summed E-state index contributed by atoms with van der Waals surface area (Å²) in [6, 6.07) is 6.26. The summed E-state index contributed by atoms with van der Waals surface area (Å²) in [5.41, 5.74) is 7.10. The highest BCUT2D eigenvalue weighted by Crippen LogP contribution is 2.41.